The maximum Gasteiger partial charge on any atom is 0.388 e. The second-order valence-electron chi connectivity index (χ2n) is 2.55. The Kier molecular flexibility index (Phi) is 3.22. The molecule has 0 amide bonds. The summed E-state index contributed by atoms with van der Waals surface area (Å²) in [5.74, 6) is 0.0411. The predicted octanol–water partition coefficient (Wildman–Crippen LogP) is 2.07. The molecule has 0 spiro atoms. The van der Waals surface area contributed by atoms with Crippen molar-refractivity contribution in [2.75, 3.05) is 0 Å². The number of nitrogens with zero attached hydrogens (tertiary/aromatic N) is 2. The quantitative estimate of drug-likeness (QED) is 0.726. The average molecular weight is 190 g/mol. The Balaban J connectivity index is 2.84. The fraction of sp³-hybridized carbons (Fsp3) is 0.625. The smallest absolute Gasteiger partial charge is 0.388 e. The first kappa shape index (κ1) is 9.95. The lowest BCUT2D eigenvalue weighted by molar-refractivity contribution is -0.0537. The van der Waals surface area contributed by atoms with Crippen molar-refractivity contribution in [3.8, 4) is 5.88 Å². The summed E-state index contributed by atoms with van der Waals surface area (Å²) in [5.41, 5.74) is 0.710. The lowest BCUT2D eigenvalue weighted by Crippen LogP contribution is -2.04. The van der Waals surface area contributed by atoms with Gasteiger partial charge in [0, 0.05) is 18.3 Å². The molecule has 0 radical (unpaired) electrons. The van der Waals surface area contributed by atoms with Crippen LogP contribution in [0.1, 0.15) is 19.4 Å². The van der Waals surface area contributed by atoms with Crippen LogP contribution in [0.2, 0.25) is 0 Å². The van der Waals surface area contributed by atoms with Gasteiger partial charge < -0.3 is 4.74 Å². The molecule has 0 aromatic carbocycles. The van der Waals surface area contributed by atoms with E-state index in [2.05, 4.69) is 9.84 Å². The average Bonchev–Trinajstić information content (AvgIpc) is 2.46. The number of aryl methyl sites for hydroxylation is 2. The van der Waals surface area contributed by atoms with E-state index in [0.29, 0.717) is 18.5 Å². The minimum Gasteiger partial charge on any atom is -0.415 e. The first-order chi connectivity index (χ1) is 6.17. The van der Waals surface area contributed by atoms with Gasteiger partial charge in [0.05, 0.1) is 0 Å². The van der Waals surface area contributed by atoms with E-state index >= 15 is 0 Å². The van der Waals surface area contributed by atoms with Gasteiger partial charge in [-0.15, -0.1) is 5.10 Å². The van der Waals surface area contributed by atoms with E-state index in [-0.39, 0.29) is 5.88 Å². The Morgan fingerprint density at radius 2 is 2.23 bits per heavy atom. The maximum absolute atomic E-state index is 11.9. The Morgan fingerprint density at radius 3 is 2.69 bits per heavy atom. The topological polar surface area (TPSA) is 27.1 Å². The third-order valence-corrected chi connectivity index (χ3v) is 1.70. The number of hydrogen-bond donors (Lipinski definition) is 0. The lowest BCUT2D eigenvalue weighted by Gasteiger charge is -2.00. The zero-order valence-electron chi connectivity index (χ0n) is 7.63. The highest BCUT2D eigenvalue weighted by molar-refractivity contribution is 5.23. The second-order valence-corrected chi connectivity index (χ2v) is 2.55. The van der Waals surface area contributed by atoms with Crippen LogP contribution in [0.15, 0.2) is 6.20 Å². The summed E-state index contributed by atoms with van der Waals surface area (Å²) in [7, 11) is 0. The van der Waals surface area contributed by atoms with Crippen LogP contribution in [0.4, 0.5) is 8.78 Å². The molecular formula is C8H12F2N2O. The SMILES string of the molecule is CCc1cn(CC)nc1OC(F)F. The number of ether oxygens (including phenoxy) is 1. The van der Waals surface area contributed by atoms with Gasteiger partial charge in [-0.3, -0.25) is 4.68 Å². The Hall–Kier alpha value is -1.13. The molecule has 74 valence electrons. The Labute approximate surface area is 75.3 Å². The van der Waals surface area contributed by atoms with E-state index < -0.39 is 6.61 Å². The molecule has 1 heterocycles. The van der Waals surface area contributed by atoms with Gasteiger partial charge in [-0.1, -0.05) is 6.92 Å². The van der Waals surface area contributed by atoms with Gasteiger partial charge in [-0.2, -0.15) is 8.78 Å². The van der Waals surface area contributed by atoms with E-state index in [0.717, 1.165) is 0 Å². The minimum atomic E-state index is -2.80. The van der Waals surface area contributed by atoms with Crippen LogP contribution < -0.4 is 4.74 Å². The van der Waals surface area contributed by atoms with Crippen LogP contribution in [0.5, 0.6) is 5.88 Å². The van der Waals surface area contributed by atoms with Crippen molar-refractivity contribution in [1.29, 1.82) is 0 Å². The Morgan fingerprint density at radius 1 is 1.54 bits per heavy atom. The highest BCUT2D eigenvalue weighted by Crippen LogP contribution is 2.18. The molecule has 1 aromatic rings. The van der Waals surface area contributed by atoms with Gasteiger partial charge in [-0.25, -0.2) is 0 Å². The summed E-state index contributed by atoms with van der Waals surface area (Å²) in [6.45, 7) is 1.61. The van der Waals surface area contributed by atoms with Crippen LogP contribution in [-0.2, 0) is 13.0 Å². The van der Waals surface area contributed by atoms with Crippen molar-refractivity contribution in [3.05, 3.63) is 11.8 Å². The van der Waals surface area contributed by atoms with Gasteiger partial charge in [-0.05, 0) is 13.3 Å². The molecule has 0 saturated heterocycles. The summed E-state index contributed by atoms with van der Waals surface area (Å²) in [4.78, 5) is 0. The lowest BCUT2D eigenvalue weighted by atomic mass is 10.3. The Bertz CT molecular complexity index is 273. The van der Waals surface area contributed by atoms with Crippen molar-refractivity contribution < 1.29 is 13.5 Å². The van der Waals surface area contributed by atoms with Gasteiger partial charge in [0.15, 0.2) is 0 Å². The molecule has 0 saturated carbocycles. The largest absolute Gasteiger partial charge is 0.415 e. The summed E-state index contributed by atoms with van der Waals surface area (Å²) in [5, 5.41) is 3.85. The number of alkyl halides is 2. The third-order valence-electron chi connectivity index (χ3n) is 1.70. The molecule has 1 aromatic heterocycles. The molecule has 0 bridgehead atoms. The molecule has 0 atom stereocenters. The van der Waals surface area contributed by atoms with Crippen LogP contribution in [-0.4, -0.2) is 16.4 Å². The first-order valence-electron chi connectivity index (χ1n) is 4.18. The normalized spacial score (nSPS) is 10.8. The second kappa shape index (κ2) is 4.20. The predicted molar refractivity (Wildman–Crippen MR) is 43.9 cm³/mol. The van der Waals surface area contributed by atoms with Crippen molar-refractivity contribution in [2.24, 2.45) is 0 Å². The van der Waals surface area contributed by atoms with Crippen molar-refractivity contribution in [3.63, 3.8) is 0 Å². The van der Waals surface area contributed by atoms with Crippen LogP contribution >= 0.6 is 0 Å². The van der Waals surface area contributed by atoms with Crippen molar-refractivity contribution in [1.82, 2.24) is 9.78 Å². The fourth-order valence-electron chi connectivity index (χ4n) is 1.03. The summed E-state index contributed by atoms with van der Waals surface area (Å²) in [6, 6.07) is 0. The summed E-state index contributed by atoms with van der Waals surface area (Å²) < 4.78 is 29.6. The van der Waals surface area contributed by atoms with E-state index in [1.165, 1.54) is 0 Å². The molecule has 13 heavy (non-hydrogen) atoms. The molecule has 0 N–H and O–H groups in total. The van der Waals surface area contributed by atoms with Crippen LogP contribution in [0.25, 0.3) is 0 Å². The third kappa shape index (κ3) is 2.40. The fourth-order valence-corrected chi connectivity index (χ4v) is 1.03. The van der Waals surface area contributed by atoms with E-state index in [1.807, 2.05) is 13.8 Å². The van der Waals surface area contributed by atoms with Gasteiger partial charge >= 0.3 is 6.61 Å². The van der Waals surface area contributed by atoms with Gasteiger partial charge in [0.2, 0.25) is 5.88 Å². The maximum atomic E-state index is 11.9. The summed E-state index contributed by atoms with van der Waals surface area (Å²) >= 11 is 0. The first-order valence-corrected chi connectivity index (χ1v) is 4.18. The number of hydrogen-bond acceptors (Lipinski definition) is 2. The van der Waals surface area contributed by atoms with Gasteiger partial charge in [0.25, 0.3) is 0 Å². The highest BCUT2D eigenvalue weighted by atomic mass is 19.3. The van der Waals surface area contributed by atoms with Crippen molar-refractivity contribution >= 4 is 0 Å². The molecular weight excluding hydrogens is 178 g/mol. The zero-order valence-corrected chi connectivity index (χ0v) is 7.63. The number of aromatic nitrogens is 2. The van der Waals surface area contributed by atoms with E-state index in [9.17, 15) is 8.78 Å². The summed E-state index contributed by atoms with van der Waals surface area (Å²) in [6.07, 6.45) is 2.36. The number of halogens is 2. The molecule has 0 aliphatic carbocycles. The molecule has 5 heteroatoms. The zero-order chi connectivity index (χ0) is 9.84. The monoisotopic (exact) mass is 190 g/mol. The van der Waals surface area contributed by atoms with Gasteiger partial charge in [0.1, 0.15) is 0 Å². The minimum absolute atomic E-state index is 0.0411. The molecule has 0 aliphatic rings. The molecule has 0 unspecified atom stereocenters. The highest BCUT2D eigenvalue weighted by Gasteiger charge is 2.12. The van der Waals surface area contributed by atoms with E-state index in [4.69, 9.17) is 0 Å². The van der Waals surface area contributed by atoms with Crippen molar-refractivity contribution in [2.45, 2.75) is 33.4 Å². The van der Waals surface area contributed by atoms with E-state index in [1.54, 1.807) is 10.9 Å². The molecule has 0 fully saturated rings. The van der Waals surface area contributed by atoms with Crippen LogP contribution in [0, 0.1) is 0 Å². The number of rotatable bonds is 4. The molecule has 0 aliphatic heterocycles. The standard InChI is InChI=1S/C8H12F2N2O/c1-3-6-5-12(4-2)11-7(6)13-8(9)10/h5,8H,3-4H2,1-2H3. The van der Waals surface area contributed by atoms with Crippen LogP contribution in [0.3, 0.4) is 0 Å². The molecule has 3 nitrogen and oxygen atoms in total. The molecule has 1 rings (SSSR count).